The van der Waals surface area contributed by atoms with Gasteiger partial charge in [0.25, 0.3) is 0 Å². The van der Waals surface area contributed by atoms with E-state index in [1.54, 1.807) is 0 Å². The fourth-order valence-corrected chi connectivity index (χ4v) is 7.66. The van der Waals surface area contributed by atoms with E-state index in [1.807, 2.05) is 41.5 Å². The standard InChI is InChI=1S/C16H18N2.2C15H15N.3C2H6/c1-17(2)12-18-15-9-5-3-7-13(15)11-14-8-4-6-10-16(14)18;2*1-2-16-14-9-5-3-7-12(14)11-13-8-4-6-10-15(13)16;3*1-2/h3-10H,11-12H2,1-2H3;2*3-10H,2,11H2,1H3;3*1-2H3. The Bertz CT molecular complexity index is 1830. The SMILES string of the molecule is CC.CC.CC.CCN1c2ccccc2Cc2ccccc21.CCN1c2ccccc2Cc2ccccc21.CN(C)CN1c2ccccc2Cc2ccccc21. The number of fused-ring (bicyclic) bond motifs is 6. The number of benzene rings is 6. The average molecular weight is 747 g/mol. The molecule has 0 bridgehead atoms. The van der Waals surface area contributed by atoms with Gasteiger partial charge in [0.05, 0.1) is 6.67 Å². The van der Waals surface area contributed by atoms with Crippen LogP contribution >= 0.6 is 0 Å². The van der Waals surface area contributed by atoms with Crippen molar-refractivity contribution < 1.29 is 0 Å². The maximum atomic E-state index is 2.40. The summed E-state index contributed by atoms with van der Waals surface area (Å²) < 4.78 is 0. The molecule has 294 valence electrons. The molecule has 0 aromatic heterocycles. The summed E-state index contributed by atoms with van der Waals surface area (Å²) in [5, 5.41) is 0. The summed E-state index contributed by atoms with van der Waals surface area (Å²) in [5.41, 5.74) is 16.7. The van der Waals surface area contributed by atoms with Crippen LogP contribution in [0.5, 0.6) is 0 Å². The third-order valence-corrected chi connectivity index (χ3v) is 9.89. The summed E-state index contributed by atoms with van der Waals surface area (Å²) in [4.78, 5) is 9.40. The van der Waals surface area contributed by atoms with Crippen LogP contribution in [0.25, 0.3) is 0 Å². The van der Waals surface area contributed by atoms with Crippen molar-refractivity contribution in [1.82, 2.24) is 4.90 Å². The van der Waals surface area contributed by atoms with Gasteiger partial charge in [-0.1, -0.05) is 151 Å². The summed E-state index contributed by atoms with van der Waals surface area (Å²) in [7, 11) is 4.22. The third kappa shape index (κ3) is 10.1. The van der Waals surface area contributed by atoms with Crippen LogP contribution in [0.4, 0.5) is 34.1 Å². The summed E-state index contributed by atoms with van der Waals surface area (Å²) in [5.74, 6) is 0. The van der Waals surface area contributed by atoms with Crippen LogP contribution in [0.1, 0.15) is 88.8 Å². The van der Waals surface area contributed by atoms with Crippen LogP contribution in [-0.2, 0) is 19.3 Å². The Hall–Kier alpha value is -5.32. The van der Waals surface area contributed by atoms with Gasteiger partial charge in [-0.2, -0.15) is 0 Å². The van der Waals surface area contributed by atoms with E-state index in [-0.39, 0.29) is 0 Å². The maximum absolute atomic E-state index is 2.40. The van der Waals surface area contributed by atoms with Crippen molar-refractivity contribution in [1.29, 1.82) is 0 Å². The van der Waals surface area contributed by atoms with Gasteiger partial charge in [-0.3, -0.25) is 4.90 Å². The molecule has 3 aliphatic heterocycles. The molecule has 0 radical (unpaired) electrons. The molecule has 0 spiro atoms. The first-order chi connectivity index (χ1) is 27.6. The maximum Gasteiger partial charge on any atom is 0.0751 e. The minimum atomic E-state index is 0.911. The highest BCUT2D eigenvalue weighted by molar-refractivity contribution is 5.76. The lowest BCUT2D eigenvalue weighted by Crippen LogP contribution is -2.32. The number of para-hydroxylation sites is 6. The van der Waals surface area contributed by atoms with Gasteiger partial charge in [0.15, 0.2) is 0 Å². The second-order valence-corrected chi connectivity index (χ2v) is 13.4. The Balaban J connectivity index is 0.000000175. The first kappa shape index (κ1) is 43.4. The molecule has 9 rings (SSSR count). The topological polar surface area (TPSA) is 13.0 Å². The Morgan fingerprint density at radius 1 is 0.339 bits per heavy atom. The third-order valence-electron chi connectivity index (χ3n) is 9.89. The second kappa shape index (κ2) is 22.3. The van der Waals surface area contributed by atoms with Gasteiger partial charge in [0, 0.05) is 66.5 Å². The second-order valence-electron chi connectivity index (χ2n) is 13.4. The largest absolute Gasteiger partial charge is 0.341 e. The Kier molecular flexibility index (Phi) is 17.3. The minimum Gasteiger partial charge on any atom is -0.341 e. The van der Waals surface area contributed by atoms with Gasteiger partial charge in [-0.25, -0.2) is 0 Å². The molecule has 3 aliphatic rings. The van der Waals surface area contributed by atoms with Gasteiger partial charge < -0.3 is 14.7 Å². The van der Waals surface area contributed by atoms with Crippen molar-refractivity contribution in [3.05, 3.63) is 179 Å². The Labute approximate surface area is 340 Å². The van der Waals surface area contributed by atoms with Crippen LogP contribution in [0.2, 0.25) is 0 Å². The van der Waals surface area contributed by atoms with E-state index < -0.39 is 0 Å². The summed E-state index contributed by atoms with van der Waals surface area (Å²) in [6, 6.07) is 52.2. The number of hydrogen-bond donors (Lipinski definition) is 0. The van der Waals surface area contributed by atoms with Crippen molar-refractivity contribution in [3.8, 4) is 0 Å². The molecule has 0 saturated heterocycles. The van der Waals surface area contributed by atoms with Gasteiger partial charge in [0.2, 0.25) is 0 Å². The predicted octanol–water partition coefficient (Wildman–Crippen LogP) is 13.8. The van der Waals surface area contributed by atoms with Crippen LogP contribution < -0.4 is 14.7 Å². The smallest absolute Gasteiger partial charge is 0.0751 e. The van der Waals surface area contributed by atoms with Crippen LogP contribution in [-0.4, -0.2) is 38.8 Å². The normalized spacial score (nSPS) is 12.2. The molecule has 4 nitrogen and oxygen atoms in total. The monoisotopic (exact) mass is 747 g/mol. The van der Waals surface area contributed by atoms with E-state index in [0.29, 0.717) is 0 Å². The molecule has 4 heteroatoms. The van der Waals surface area contributed by atoms with E-state index in [4.69, 9.17) is 0 Å². The molecular formula is C52H66N4. The van der Waals surface area contributed by atoms with Gasteiger partial charge in [-0.05, 0) is 97.7 Å². The highest BCUT2D eigenvalue weighted by atomic mass is 15.3. The average Bonchev–Trinajstić information content (AvgIpc) is 3.27. The predicted molar refractivity (Wildman–Crippen MR) is 247 cm³/mol. The van der Waals surface area contributed by atoms with Crippen LogP contribution in [0.15, 0.2) is 146 Å². The zero-order valence-corrected chi connectivity index (χ0v) is 35.9. The highest BCUT2D eigenvalue weighted by Crippen LogP contribution is 2.40. The molecular weight excluding hydrogens is 681 g/mol. The van der Waals surface area contributed by atoms with Crippen molar-refractivity contribution in [2.24, 2.45) is 0 Å². The van der Waals surface area contributed by atoms with Crippen molar-refractivity contribution in [2.75, 3.05) is 48.6 Å². The lowest BCUT2D eigenvalue weighted by atomic mass is 9.96. The molecule has 6 aromatic rings. The lowest BCUT2D eigenvalue weighted by molar-refractivity contribution is 0.417. The highest BCUT2D eigenvalue weighted by Gasteiger charge is 2.23. The lowest BCUT2D eigenvalue weighted by Gasteiger charge is -2.35. The summed E-state index contributed by atoms with van der Waals surface area (Å²) >= 11 is 0. The molecule has 0 unspecified atom stereocenters. The summed E-state index contributed by atoms with van der Waals surface area (Å²) in [6.45, 7) is 19.4. The van der Waals surface area contributed by atoms with E-state index in [1.165, 1.54) is 67.5 Å². The number of anilines is 6. The zero-order valence-electron chi connectivity index (χ0n) is 35.9. The fourth-order valence-electron chi connectivity index (χ4n) is 7.66. The first-order valence-corrected chi connectivity index (χ1v) is 21.0. The molecule has 0 atom stereocenters. The van der Waals surface area contributed by atoms with Crippen LogP contribution in [0.3, 0.4) is 0 Å². The molecule has 0 aliphatic carbocycles. The first-order valence-electron chi connectivity index (χ1n) is 21.0. The van der Waals surface area contributed by atoms with E-state index in [0.717, 1.165) is 39.0 Å². The van der Waals surface area contributed by atoms with E-state index >= 15 is 0 Å². The fraction of sp³-hybridized carbons (Fsp3) is 0.308. The Morgan fingerprint density at radius 3 is 0.732 bits per heavy atom. The molecule has 0 fully saturated rings. The number of nitrogens with zero attached hydrogens (tertiary/aromatic N) is 4. The van der Waals surface area contributed by atoms with Crippen molar-refractivity contribution in [2.45, 2.75) is 74.7 Å². The molecule has 0 amide bonds. The van der Waals surface area contributed by atoms with Gasteiger partial charge in [0.1, 0.15) is 0 Å². The molecule has 0 N–H and O–H groups in total. The van der Waals surface area contributed by atoms with Crippen molar-refractivity contribution in [3.63, 3.8) is 0 Å². The quantitative estimate of drug-likeness (QED) is 0.178. The molecule has 0 saturated carbocycles. The van der Waals surface area contributed by atoms with Crippen LogP contribution in [0, 0.1) is 0 Å². The minimum absolute atomic E-state index is 0.911. The van der Waals surface area contributed by atoms with Gasteiger partial charge in [-0.15, -0.1) is 0 Å². The van der Waals surface area contributed by atoms with E-state index in [9.17, 15) is 0 Å². The zero-order chi connectivity index (χ0) is 40.5. The Morgan fingerprint density at radius 2 is 0.536 bits per heavy atom. The summed E-state index contributed by atoms with van der Waals surface area (Å²) in [6.07, 6.45) is 3.15. The number of rotatable bonds is 4. The molecule has 56 heavy (non-hydrogen) atoms. The number of hydrogen-bond acceptors (Lipinski definition) is 4. The molecule has 6 aromatic carbocycles. The van der Waals surface area contributed by atoms with E-state index in [2.05, 4.69) is 193 Å². The van der Waals surface area contributed by atoms with Crippen molar-refractivity contribution >= 4 is 34.1 Å². The van der Waals surface area contributed by atoms with Gasteiger partial charge >= 0.3 is 0 Å². The molecule has 3 heterocycles.